The summed E-state index contributed by atoms with van der Waals surface area (Å²) in [7, 11) is 0. The molecular weight excluding hydrogens is 414 g/mol. The maximum absolute atomic E-state index is 12.1. The molecule has 0 bridgehead atoms. The van der Waals surface area contributed by atoms with Crippen LogP contribution in [0, 0.1) is 6.92 Å². The first-order valence-corrected chi connectivity index (χ1v) is 9.05. The molecule has 2 aromatic rings. The van der Waals surface area contributed by atoms with Crippen molar-refractivity contribution >= 4 is 39.6 Å². The van der Waals surface area contributed by atoms with E-state index < -0.39 is 5.97 Å². The standard InChI is InChI=1S/C20H20BrNO5/c1-3-26-17-10-14(6-9-20(24)25)16(21)11-18(17)27-12-19(23)22-15-7-4-13(2)5-8-15/h4-11H,3,12H2,1-2H3,(H,22,23)(H,24,25). The van der Waals surface area contributed by atoms with E-state index in [1.54, 1.807) is 12.1 Å². The van der Waals surface area contributed by atoms with Gasteiger partial charge in [-0.25, -0.2) is 4.79 Å². The van der Waals surface area contributed by atoms with Crippen LogP contribution in [0.1, 0.15) is 18.1 Å². The Morgan fingerprint density at radius 1 is 1.15 bits per heavy atom. The molecule has 0 spiro atoms. The van der Waals surface area contributed by atoms with Gasteiger partial charge in [0.15, 0.2) is 18.1 Å². The molecule has 0 aromatic heterocycles. The molecule has 0 aliphatic carbocycles. The summed E-state index contributed by atoms with van der Waals surface area (Å²) in [5, 5.41) is 11.5. The second-order valence-electron chi connectivity index (χ2n) is 5.63. The van der Waals surface area contributed by atoms with Gasteiger partial charge in [0.2, 0.25) is 0 Å². The molecule has 0 fully saturated rings. The van der Waals surface area contributed by atoms with E-state index in [2.05, 4.69) is 21.2 Å². The van der Waals surface area contributed by atoms with E-state index >= 15 is 0 Å². The van der Waals surface area contributed by atoms with Crippen molar-refractivity contribution in [3.8, 4) is 11.5 Å². The number of hydrogen-bond donors (Lipinski definition) is 2. The number of hydrogen-bond acceptors (Lipinski definition) is 4. The van der Waals surface area contributed by atoms with Crippen LogP contribution < -0.4 is 14.8 Å². The molecule has 2 rings (SSSR count). The Balaban J connectivity index is 2.09. The average molecular weight is 434 g/mol. The maximum atomic E-state index is 12.1. The van der Waals surface area contributed by atoms with Gasteiger partial charge in [-0.2, -0.15) is 0 Å². The minimum atomic E-state index is -1.05. The summed E-state index contributed by atoms with van der Waals surface area (Å²) < 4.78 is 11.8. The quantitative estimate of drug-likeness (QED) is 0.607. The van der Waals surface area contributed by atoms with Crippen molar-refractivity contribution in [2.45, 2.75) is 13.8 Å². The highest BCUT2D eigenvalue weighted by Crippen LogP contribution is 2.34. The lowest BCUT2D eigenvalue weighted by Gasteiger charge is -2.14. The number of anilines is 1. The molecule has 0 aliphatic heterocycles. The molecule has 2 aromatic carbocycles. The molecule has 1 amide bonds. The summed E-state index contributed by atoms with van der Waals surface area (Å²) in [4.78, 5) is 22.8. The van der Waals surface area contributed by atoms with Crippen LogP contribution in [0.3, 0.4) is 0 Å². The van der Waals surface area contributed by atoms with Gasteiger partial charge in [-0.05, 0) is 49.8 Å². The Morgan fingerprint density at radius 3 is 2.44 bits per heavy atom. The van der Waals surface area contributed by atoms with Gasteiger partial charge in [0.25, 0.3) is 5.91 Å². The number of carbonyl (C=O) groups excluding carboxylic acids is 1. The zero-order valence-corrected chi connectivity index (χ0v) is 16.6. The molecule has 0 radical (unpaired) electrons. The molecular formula is C20H20BrNO5. The first-order valence-electron chi connectivity index (χ1n) is 8.25. The number of aliphatic carboxylic acids is 1. The third kappa shape index (κ3) is 6.45. The molecule has 0 aliphatic rings. The Hall–Kier alpha value is -2.80. The number of halogens is 1. The first kappa shape index (κ1) is 20.5. The van der Waals surface area contributed by atoms with E-state index in [-0.39, 0.29) is 12.5 Å². The van der Waals surface area contributed by atoms with Crippen LogP contribution in [0.15, 0.2) is 46.9 Å². The highest BCUT2D eigenvalue weighted by Gasteiger charge is 2.12. The summed E-state index contributed by atoms with van der Waals surface area (Å²) in [6, 6.07) is 10.7. The smallest absolute Gasteiger partial charge is 0.328 e. The molecule has 27 heavy (non-hydrogen) atoms. The fourth-order valence-electron chi connectivity index (χ4n) is 2.20. The van der Waals surface area contributed by atoms with Crippen molar-refractivity contribution in [3.05, 3.63) is 58.1 Å². The zero-order chi connectivity index (χ0) is 19.8. The Bertz CT molecular complexity index is 846. The molecule has 0 saturated heterocycles. The van der Waals surface area contributed by atoms with Crippen molar-refractivity contribution in [2.75, 3.05) is 18.5 Å². The minimum absolute atomic E-state index is 0.190. The Labute approximate surface area is 165 Å². The predicted molar refractivity (Wildman–Crippen MR) is 107 cm³/mol. The van der Waals surface area contributed by atoms with Crippen LogP contribution in [0.2, 0.25) is 0 Å². The largest absolute Gasteiger partial charge is 0.490 e. The predicted octanol–water partition coefficient (Wildman–Crippen LogP) is 4.27. The average Bonchev–Trinajstić information content (AvgIpc) is 2.62. The van der Waals surface area contributed by atoms with Crippen LogP contribution in [0.5, 0.6) is 11.5 Å². The number of nitrogens with one attached hydrogen (secondary N) is 1. The molecule has 0 atom stereocenters. The van der Waals surface area contributed by atoms with Gasteiger partial charge >= 0.3 is 5.97 Å². The van der Waals surface area contributed by atoms with E-state index in [1.807, 2.05) is 38.1 Å². The van der Waals surface area contributed by atoms with Crippen LogP contribution >= 0.6 is 15.9 Å². The van der Waals surface area contributed by atoms with Gasteiger partial charge in [-0.1, -0.05) is 33.6 Å². The van der Waals surface area contributed by atoms with Gasteiger partial charge in [-0.15, -0.1) is 0 Å². The summed E-state index contributed by atoms with van der Waals surface area (Å²) in [6.45, 7) is 4.00. The lowest BCUT2D eigenvalue weighted by molar-refractivity contribution is -0.131. The SMILES string of the molecule is CCOc1cc(C=CC(=O)O)c(Br)cc1OCC(=O)Nc1ccc(C)cc1. The summed E-state index contributed by atoms with van der Waals surface area (Å²) in [6.07, 6.45) is 2.48. The van der Waals surface area contributed by atoms with E-state index in [9.17, 15) is 9.59 Å². The lowest BCUT2D eigenvalue weighted by atomic mass is 10.2. The molecule has 0 saturated carbocycles. The molecule has 2 N–H and O–H groups in total. The van der Waals surface area contributed by atoms with Gasteiger partial charge in [0.1, 0.15) is 0 Å². The summed E-state index contributed by atoms with van der Waals surface area (Å²) >= 11 is 3.37. The number of benzene rings is 2. The Morgan fingerprint density at radius 2 is 1.81 bits per heavy atom. The normalized spacial score (nSPS) is 10.6. The zero-order valence-electron chi connectivity index (χ0n) is 15.0. The highest BCUT2D eigenvalue weighted by atomic mass is 79.9. The van der Waals surface area contributed by atoms with E-state index in [0.717, 1.165) is 11.6 Å². The molecule has 142 valence electrons. The fraction of sp³-hybridized carbons (Fsp3) is 0.200. The van der Waals surface area contributed by atoms with Crippen molar-refractivity contribution in [1.29, 1.82) is 0 Å². The number of carboxylic acid groups (broad SMARTS) is 1. The molecule has 0 heterocycles. The number of aryl methyl sites for hydroxylation is 1. The third-order valence-corrected chi connectivity index (χ3v) is 4.15. The van der Waals surface area contributed by atoms with E-state index in [1.165, 1.54) is 6.08 Å². The van der Waals surface area contributed by atoms with Gasteiger partial charge in [0, 0.05) is 16.2 Å². The van der Waals surface area contributed by atoms with Crippen LogP contribution in [-0.2, 0) is 9.59 Å². The third-order valence-electron chi connectivity index (χ3n) is 3.46. The number of amides is 1. The first-order chi connectivity index (χ1) is 12.9. The summed E-state index contributed by atoms with van der Waals surface area (Å²) in [5.41, 5.74) is 2.42. The number of carbonyl (C=O) groups is 2. The Kier molecular flexibility index (Phi) is 7.43. The van der Waals surface area contributed by atoms with Crippen molar-refractivity contribution in [3.63, 3.8) is 0 Å². The molecule has 6 nitrogen and oxygen atoms in total. The highest BCUT2D eigenvalue weighted by molar-refractivity contribution is 9.10. The van der Waals surface area contributed by atoms with Gasteiger partial charge < -0.3 is 19.9 Å². The van der Waals surface area contributed by atoms with Crippen LogP contribution in [0.25, 0.3) is 6.08 Å². The topological polar surface area (TPSA) is 84.9 Å². The monoisotopic (exact) mass is 433 g/mol. The minimum Gasteiger partial charge on any atom is -0.490 e. The fourth-order valence-corrected chi connectivity index (χ4v) is 2.65. The maximum Gasteiger partial charge on any atom is 0.328 e. The summed E-state index contributed by atoms with van der Waals surface area (Å²) in [5.74, 6) is -0.538. The van der Waals surface area contributed by atoms with Crippen LogP contribution in [0.4, 0.5) is 5.69 Å². The second kappa shape index (κ2) is 9.78. The van der Waals surface area contributed by atoms with E-state index in [0.29, 0.717) is 33.8 Å². The van der Waals surface area contributed by atoms with Gasteiger partial charge in [0.05, 0.1) is 6.61 Å². The van der Waals surface area contributed by atoms with Gasteiger partial charge in [-0.3, -0.25) is 4.79 Å². The second-order valence-corrected chi connectivity index (χ2v) is 6.48. The number of rotatable bonds is 8. The van der Waals surface area contributed by atoms with Crippen molar-refractivity contribution < 1.29 is 24.2 Å². The molecule has 7 heteroatoms. The molecule has 0 unspecified atom stereocenters. The number of carboxylic acids is 1. The van der Waals surface area contributed by atoms with E-state index in [4.69, 9.17) is 14.6 Å². The van der Waals surface area contributed by atoms with Crippen LogP contribution in [-0.4, -0.2) is 30.2 Å². The van der Waals surface area contributed by atoms with Crippen molar-refractivity contribution in [1.82, 2.24) is 0 Å². The lowest BCUT2D eigenvalue weighted by Crippen LogP contribution is -2.20. The van der Waals surface area contributed by atoms with Crippen molar-refractivity contribution in [2.24, 2.45) is 0 Å². The number of ether oxygens (including phenoxy) is 2.